The van der Waals surface area contributed by atoms with Crippen LogP contribution in [0, 0.1) is 6.92 Å². The van der Waals surface area contributed by atoms with Crippen LogP contribution in [-0.4, -0.2) is 6.71 Å². The molecule has 61 heavy (non-hydrogen) atoms. The Morgan fingerprint density at radius 3 is 1.48 bits per heavy atom. The molecule has 3 heterocycles. The van der Waals surface area contributed by atoms with Crippen molar-refractivity contribution < 1.29 is 4.42 Å². The second-order valence-corrected chi connectivity index (χ2v) is 23.8. The van der Waals surface area contributed by atoms with Crippen LogP contribution in [0.25, 0.3) is 11.0 Å². The number of rotatable bonds is 2. The molecule has 0 unspecified atom stereocenters. The molecule has 5 aliphatic rings. The Hall–Kier alpha value is -4.70. The Labute approximate surface area is 366 Å². The molecule has 3 aliphatic carbocycles. The van der Waals surface area contributed by atoms with Gasteiger partial charge in [0.05, 0.1) is 11.3 Å². The summed E-state index contributed by atoms with van der Waals surface area (Å²) in [5, 5.41) is 1.22. The van der Waals surface area contributed by atoms with Gasteiger partial charge in [0.1, 0.15) is 5.58 Å². The summed E-state index contributed by atoms with van der Waals surface area (Å²) < 4.78 is 7.54. The molecule has 6 aromatic rings. The molecule has 11 rings (SSSR count). The highest BCUT2D eigenvalue weighted by molar-refractivity contribution is 7.00. The van der Waals surface area contributed by atoms with Gasteiger partial charge in [0.25, 0.3) is 6.71 Å². The van der Waals surface area contributed by atoms with Crippen molar-refractivity contribution in [1.29, 1.82) is 0 Å². The molecule has 2 aliphatic heterocycles. The third kappa shape index (κ3) is 5.42. The number of hydrogen-bond donors (Lipinski definition) is 0. The number of hydrogen-bond acceptors (Lipinski definition) is 3. The topological polar surface area (TPSA) is 19.6 Å². The van der Waals surface area contributed by atoms with Gasteiger partial charge < -0.3 is 14.2 Å². The monoisotopic (exact) mass is 805 g/mol. The lowest BCUT2D eigenvalue weighted by molar-refractivity contribution is 0.331. The van der Waals surface area contributed by atoms with Gasteiger partial charge in [-0.2, -0.15) is 0 Å². The van der Waals surface area contributed by atoms with E-state index in [9.17, 15) is 0 Å². The average molecular weight is 805 g/mol. The lowest BCUT2D eigenvalue weighted by Crippen LogP contribution is -2.61. The first-order valence-corrected chi connectivity index (χ1v) is 23.4. The minimum Gasteiger partial charge on any atom is -0.468 e. The lowest BCUT2D eigenvalue weighted by atomic mass is 9.35. The van der Waals surface area contributed by atoms with Crippen molar-refractivity contribution in [3.63, 3.8) is 0 Å². The van der Waals surface area contributed by atoms with Crippen LogP contribution in [0.3, 0.4) is 0 Å². The van der Waals surface area contributed by atoms with E-state index in [-0.39, 0.29) is 39.2 Å². The molecule has 4 heteroatoms. The van der Waals surface area contributed by atoms with E-state index < -0.39 is 0 Å². The summed E-state index contributed by atoms with van der Waals surface area (Å²) in [4.78, 5) is 5.22. The summed E-state index contributed by atoms with van der Waals surface area (Å²) in [7, 11) is 0. The van der Waals surface area contributed by atoms with Gasteiger partial charge in [-0.3, -0.25) is 0 Å². The highest BCUT2D eigenvalue weighted by atomic mass is 16.3. The number of benzene rings is 5. The first kappa shape index (κ1) is 39.2. The molecule has 0 N–H and O–H groups in total. The summed E-state index contributed by atoms with van der Waals surface area (Å²) in [6.07, 6.45) is 7.08. The Bertz CT molecular complexity index is 2850. The zero-order chi connectivity index (χ0) is 43.0. The van der Waals surface area contributed by atoms with Gasteiger partial charge >= 0.3 is 0 Å². The van der Waals surface area contributed by atoms with E-state index >= 15 is 0 Å². The maximum Gasteiger partial charge on any atom is 0.297 e. The molecule has 3 nitrogen and oxygen atoms in total. The largest absolute Gasteiger partial charge is 0.468 e. The Balaban J connectivity index is 1.27. The van der Waals surface area contributed by atoms with E-state index in [0.29, 0.717) is 0 Å². The van der Waals surface area contributed by atoms with Gasteiger partial charge in [-0.05, 0) is 176 Å². The molecule has 0 spiro atoms. The summed E-state index contributed by atoms with van der Waals surface area (Å²) >= 11 is 0. The van der Waals surface area contributed by atoms with Crippen molar-refractivity contribution in [2.24, 2.45) is 0 Å². The molecule has 312 valence electrons. The van der Waals surface area contributed by atoms with Crippen LogP contribution < -0.4 is 26.4 Å². The van der Waals surface area contributed by atoms with Gasteiger partial charge in [-0.25, -0.2) is 0 Å². The van der Waals surface area contributed by atoms with E-state index in [4.69, 9.17) is 4.42 Å². The van der Waals surface area contributed by atoms with Crippen molar-refractivity contribution >= 4 is 68.4 Å². The molecule has 0 fully saturated rings. The van der Waals surface area contributed by atoms with Gasteiger partial charge in [0.2, 0.25) is 0 Å². The minimum atomic E-state index is -0.0719. The Kier molecular flexibility index (Phi) is 7.88. The number of aryl methyl sites for hydroxylation is 1. The highest BCUT2D eigenvalue weighted by Gasteiger charge is 2.50. The van der Waals surface area contributed by atoms with Crippen molar-refractivity contribution in [3.05, 3.63) is 124 Å². The van der Waals surface area contributed by atoms with Crippen molar-refractivity contribution in [2.45, 2.75) is 161 Å². The fourth-order valence-corrected chi connectivity index (χ4v) is 12.6. The molecule has 1 aromatic heterocycles. The van der Waals surface area contributed by atoms with Gasteiger partial charge in [-0.15, -0.1) is 0 Å². The molecule has 0 atom stereocenters. The van der Waals surface area contributed by atoms with Crippen LogP contribution in [0.15, 0.2) is 89.3 Å². The quantitative estimate of drug-likeness (QED) is 0.162. The van der Waals surface area contributed by atoms with E-state index in [1.54, 1.807) is 0 Å². The van der Waals surface area contributed by atoms with Crippen LogP contribution in [-0.2, 0) is 32.5 Å². The lowest BCUT2D eigenvalue weighted by Gasteiger charge is -2.47. The third-order valence-corrected chi connectivity index (χ3v) is 17.0. The normalized spacial score (nSPS) is 21.5. The van der Waals surface area contributed by atoms with E-state index in [0.717, 1.165) is 16.9 Å². The summed E-state index contributed by atoms with van der Waals surface area (Å²) in [5.74, 6) is 0. The molecule has 0 saturated heterocycles. The Morgan fingerprint density at radius 1 is 0.459 bits per heavy atom. The first-order chi connectivity index (χ1) is 28.6. The number of para-hydroxylation sites is 1. The number of nitrogens with zero attached hydrogens (tertiary/aromatic N) is 2. The number of fused-ring (bicyclic) bond motifs is 9. The first-order valence-electron chi connectivity index (χ1n) is 23.4. The number of anilines is 6. The zero-order valence-corrected chi connectivity index (χ0v) is 39.2. The van der Waals surface area contributed by atoms with Crippen molar-refractivity contribution in [1.82, 2.24) is 0 Å². The smallest absolute Gasteiger partial charge is 0.297 e. The predicted molar refractivity (Wildman–Crippen MR) is 261 cm³/mol. The van der Waals surface area contributed by atoms with Crippen LogP contribution in [0.5, 0.6) is 0 Å². The molecule has 0 radical (unpaired) electrons. The second-order valence-electron chi connectivity index (χ2n) is 23.8. The van der Waals surface area contributed by atoms with Crippen molar-refractivity contribution in [2.75, 3.05) is 9.80 Å². The number of furan rings is 1. The van der Waals surface area contributed by atoms with Crippen LogP contribution in [0.2, 0.25) is 0 Å². The average Bonchev–Trinajstić information content (AvgIpc) is 3.58. The van der Waals surface area contributed by atoms with Crippen molar-refractivity contribution in [3.8, 4) is 0 Å². The molecule has 0 amide bonds. The maximum absolute atomic E-state index is 7.54. The highest BCUT2D eigenvalue weighted by Crippen LogP contribution is 2.55. The summed E-state index contributed by atoms with van der Waals surface area (Å²) in [5.41, 5.74) is 22.9. The predicted octanol–water partition coefficient (Wildman–Crippen LogP) is 13.9. The Morgan fingerprint density at radius 2 is 0.918 bits per heavy atom. The maximum atomic E-state index is 7.54. The molecule has 0 bridgehead atoms. The summed E-state index contributed by atoms with van der Waals surface area (Å²) in [6, 6.07) is 33.6. The fourth-order valence-electron chi connectivity index (χ4n) is 12.6. The summed E-state index contributed by atoms with van der Waals surface area (Å²) in [6.45, 7) is 31.8. The van der Waals surface area contributed by atoms with Crippen LogP contribution in [0.4, 0.5) is 34.1 Å². The van der Waals surface area contributed by atoms with Gasteiger partial charge in [0.15, 0.2) is 0 Å². The van der Waals surface area contributed by atoms with E-state index in [2.05, 4.69) is 185 Å². The molecule has 5 aromatic carbocycles. The SMILES string of the molecule is Cc1cc2c(cc1N1c3cc4c(cc3B3c5oc6cc7c(cc6c5N(c5ccccc5)c5cccc1c53)C(C)(C)CCC7(C)C)C(C)(C)CCC4(C)C)C(C)(C)CCC2(C)C. The third-order valence-electron chi connectivity index (χ3n) is 17.0. The minimum absolute atomic E-state index is 0.0551. The van der Waals surface area contributed by atoms with Gasteiger partial charge in [0, 0.05) is 33.8 Å². The zero-order valence-electron chi connectivity index (χ0n) is 39.2. The standard InChI is InChI=1S/C57H65BN2O/c1-34-28-37-40(55(8,9)25-22-52(37,2)3)31-46(34)60-45-21-17-20-44-49(45)58(43-30-39-41(32-47(43)60)56(10,11)26-24-54(39,6)7)51-50(59(44)35-18-15-14-16-19-35)36-29-38-42(33-48(36)61-51)57(12,13)27-23-53(38,4)5/h14-21,28-33H,22-27H2,1-13H3. The molecular formula is C57H65BN2O. The van der Waals surface area contributed by atoms with Crippen LogP contribution in [0.1, 0.15) is 161 Å². The van der Waals surface area contributed by atoms with Gasteiger partial charge in [-0.1, -0.05) is 119 Å². The fraction of sp³-hybridized carbons (Fsp3) is 0.439. The van der Waals surface area contributed by atoms with E-state index in [1.165, 1.54) is 122 Å². The molecular weight excluding hydrogens is 739 g/mol. The van der Waals surface area contributed by atoms with Crippen LogP contribution >= 0.6 is 0 Å². The van der Waals surface area contributed by atoms with E-state index in [1.807, 2.05) is 0 Å². The second kappa shape index (κ2) is 12.3. The molecule has 0 saturated carbocycles.